The van der Waals surface area contributed by atoms with Crippen LogP contribution in [0.1, 0.15) is 36.2 Å². The third-order valence-corrected chi connectivity index (χ3v) is 4.53. The number of benzene rings is 2. The molecule has 1 aromatic heterocycles. The molecule has 0 spiro atoms. The molecule has 3 aromatic rings. The lowest BCUT2D eigenvalue weighted by Crippen LogP contribution is -2.05. The molecule has 26 heavy (non-hydrogen) atoms. The second-order valence-electron chi connectivity index (χ2n) is 6.33. The molecule has 0 amide bonds. The van der Waals surface area contributed by atoms with E-state index in [2.05, 4.69) is 51.7 Å². The molecule has 0 saturated carbocycles. The van der Waals surface area contributed by atoms with E-state index in [0.717, 1.165) is 40.3 Å². The molecule has 132 valence electrons. The maximum absolute atomic E-state index is 4.67. The molecule has 0 atom stereocenters. The number of nitrogens with zero attached hydrogens (tertiary/aromatic N) is 3. The summed E-state index contributed by atoms with van der Waals surface area (Å²) in [5, 5.41) is 4.53. The maximum atomic E-state index is 4.67. The number of hydrogen-bond acceptors (Lipinski definition) is 4. The fraction of sp³-hybridized carbons (Fsp3) is 0.227. The van der Waals surface area contributed by atoms with Crippen molar-refractivity contribution in [3.63, 3.8) is 0 Å². The lowest BCUT2D eigenvalue weighted by molar-refractivity contribution is 1.06. The summed E-state index contributed by atoms with van der Waals surface area (Å²) in [6.45, 7) is 8.15. The Balaban J connectivity index is 1.87. The van der Waals surface area contributed by atoms with Gasteiger partial charge in [-0.25, -0.2) is 9.97 Å². The van der Waals surface area contributed by atoms with Gasteiger partial charge in [0.2, 0.25) is 0 Å². The van der Waals surface area contributed by atoms with Gasteiger partial charge >= 0.3 is 0 Å². The molecule has 0 fully saturated rings. The average Bonchev–Trinajstić information content (AvgIpc) is 2.69. The van der Waals surface area contributed by atoms with Crippen LogP contribution < -0.4 is 5.43 Å². The Bertz CT molecular complexity index is 913. The Hall–Kier alpha value is -3.01. The van der Waals surface area contributed by atoms with Crippen molar-refractivity contribution in [2.45, 2.75) is 34.1 Å². The SMILES string of the molecule is CCc1ccc(/C(C)=N/Nc2nc(-c3ccccc3)nc(C)c2C)cc1. The molecular weight excluding hydrogens is 320 g/mol. The van der Waals surface area contributed by atoms with Crippen LogP contribution in [-0.2, 0) is 6.42 Å². The van der Waals surface area contributed by atoms with Crippen LogP contribution in [0, 0.1) is 13.8 Å². The quantitative estimate of drug-likeness (QED) is 0.514. The molecule has 0 saturated heterocycles. The third-order valence-electron chi connectivity index (χ3n) is 4.53. The van der Waals surface area contributed by atoms with Crippen molar-refractivity contribution in [1.29, 1.82) is 0 Å². The van der Waals surface area contributed by atoms with Crippen LogP contribution in [0.5, 0.6) is 0 Å². The molecule has 4 nitrogen and oxygen atoms in total. The Morgan fingerprint density at radius 1 is 0.962 bits per heavy atom. The molecule has 0 aliphatic carbocycles. The molecule has 0 radical (unpaired) electrons. The summed E-state index contributed by atoms with van der Waals surface area (Å²) in [7, 11) is 0. The minimum Gasteiger partial charge on any atom is -0.261 e. The molecule has 1 heterocycles. The van der Waals surface area contributed by atoms with E-state index >= 15 is 0 Å². The number of anilines is 1. The normalized spacial score (nSPS) is 11.5. The number of hydrogen-bond donors (Lipinski definition) is 1. The highest BCUT2D eigenvalue weighted by Crippen LogP contribution is 2.21. The van der Waals surface area contributed by atoms with Crippen LogP contribution in [0.2, 0.25) is 0 Å². The van der Waals surface area contributed by atoms with E-state index in [0.29, 0.717) is 5.82 Å². The van der Waals surface area contributed by atoms with Gasteiger partial charge in [0.1, 0.15) is 0 Å². The average molecular weight is 344 g/mol. The van der Waals surface area contributed by atoms with Gasteiger partial charge in [0.05, 0.1) is 5.71 Å². The minimum absolute atomic E-state index is 0.705. The standard InChI is InChI=1S/C22H24N4/c1-5-18-11-13-19(14-12-18)17(4)25-26-21-15(2)16(3)23-22(24-21)20-9-7-6-8-10-20/h6-14H,5H2,1-4H3,(H,23,24,26)/b25-17+. The number of aryl methyl sites for hydroxylation is 2. The monoisotopic (exact) mass is 344 g/mol. The molecule has 3 rings (SSSR count). The smallest absolute Gasteiger partial charge is 0.161 e. The number of aromatic nitrogens is 2. The summed E-state index contributed by atoms with van der Waals surface area (Å²) < 4.78 is 0. The van der Waals surface area contributed by atoms with Gasteiger partial charge in [-0.15, -0.1) is 0 Å². The largest absolute Gasteiger partial charge is 0.261 e. The molecule has 0 unspecified atom stereocenters. The van der Waals surface area contributed by atoms with E-state index in [4.69, 9.17) is 0 Å². The van der Waals surface area contributed by atoms with Crippen LogP contribution in [0.3, 0.4) is 0 Å². The van der Waals surface area contributed by atoms with E-state index < -0.39 is 0 Å². The first-order valence-electron chi connectivity index (χ1n) is 8.88. The molecule has 1 N–H and O–H groups in total. The first-order chi connectivity index (χ1) is 12.6. The highest BCUT2D eigenvalue weighted by atomic mass is 15.3. The van der Waals surface area contributed by atoms with Gasteiger partial charge in [-0.2, -0.15) is 5.10 Å². The number of hydrazone groups is 1. The predicted octanol–water partition coefficient (Wildman–Crippen LogP) is 5.16. The van der Waals surface area contributed by atoms with Gasteiger partial charge in [-0.05, 0) is 38.3 Å². The van der Waals surface area contributed by atoms with Gasteiger partial charge < -0.3 is 0 Å². The highest BCUT2D eigenvalue weighted by molar-refractivity contribution is 5.99. The zero-order valence-corrected chi connectivity index (χ0v) is 15.7. The van der Waals surface area contributed by atoms with E-state index in [1.807, 2.05) is 51.1 Å². The second kappa shape index (κ2) is 7.91. The lowest BCUT2D eigenvalue weighted by Gasteiger charge is -2.10. The minimum atomic E-state index is 0.705. The highest BCUT2D eigenvalue weighted by Gasteiger charge is 2.09. The van der Waals surface area contributed by atoms with Crippen LogP contribution in [0.4, 0.5) is 5.82 Å². The number of rotatable bonds is 5. The molecule has 2 aromatic carbocycles. The fourth-order valence-corrected chi connectivity index (χ4v) is 2.64. The Morgan fingerprint density at radius 2 is 1.65 bits per heavy atom. The molecule has 0 aliphatic rings. The van der Waals surface area contributed by atoms with Crippen LogP contribution in [0.15, 0.2) is 59.7 Å². The molecule has 0 bridgehead atoms. The van der Waals surface area contributed by atoms with Crippen molar-refractivity contribution in [2.75, 3.05) is 5.43 Å². The zero-order chi connectivity index (χ0) is 18.5. The number of nitrogens with one attached hydrogen (secondary N) is 1. The zero-order valence-electron chi connectivity index (χ0n) is 15.7. The van der Waals surface area contributed by atoms with Crippen molar-refractivity contribution >= 4 is 11.5 Å². The Morgan fingerprint density at radius 3 is 2.31 bits per heavy atom. The molecule has 4 heteroatoms. The van der Waals surface area contributed by atoms with Crippen molar-refractivity contribution in [2.24, 2.45) is 5.10 Å². The van der Waals surface area contributed by atoms with E-state index in [9.17, 15) is 0 Å². The van der Waals surface area contributed by atoms with E-state index in [1.54, 1.807) is 0 Å². The van der Waals surface area contributed by atoms with Gasteiger partial charge in [0.25, 0.3) is 0 Å². The van der Waals surface area contributed by atoms with E-state index in [1.165, 1.54) is 5.56 Å². The first kappa shape index (κ1) is 17.8. The van der Waals surface area contributed by atoms with Gasteiger partial charge in [-0.3, -0.25) is 5.43 Å². The van der Waals surface area contributed by atoms with Crippen LogP contribution >= 0.6 is 0 Å². The van der Waals surface area contributed by atoms with E-state index in [-0.39, 0.29) is 0 Å². The van der Waals surface area contributed by atoms with Crippen molar-refractivity contribution < 1.29 is 0 Å². The van der Waals surface area contributed by atoms with Crippen molar-refractivity contribution in [3.05, 3.63) is 77.0 Å². The second-order valence-corrected chi connectivity index (χ2v) is 6.33. The Kier molecular flexibility index (Phi) is 5.42. The summed E-state index contributed by atoms with van der Waals surface area (Å²) in [5.41, 5.74) is 9.41. The summed E-state index contributed by atoms with van der Waals surface area (Å²) in [6.07, 6.45) is 1.04. The van der Waals surface area contributed by atoms with Gasteiger partial charge in [-0.1, -0.05) is 61.5 Å². The summed E-state index contributed by atoms with van der Waals surface area (Å²) in [6, 6.07) is 18.5. The van der Waals surface area contributed by atoms with Crippen LogP contribution in [-0.4, -0.2) is 15.7 Å². The summed E-state index contributed by atoms with van der Waals surface area (Å²) in [4.78, 5) is 9.28. The molecule has 0 aliphatic heterocycles. The summed E-state index contributed by atoms with van der Waals surface area (Å²) >= 11 is 0. The topological polar surface area (TPSA) is 50.2 Å². The molecular formula is C22H24N4. The van der Waals surface area contributed by atoms with Gasteiger partial charge in [0.15, 0.2) is 11.6 Å². The van der Waals surface area contributed by atoms with Crippen LogP contribution in [0.25, 0.3) is 11.4 Å². The maximum Gasteiger partial charge on any atom is 0.161 e. The lowest BCUT2D eigenvalue weighted by atomic mass is 10.1. The van der Waals surface area contributed by atoms with Gasteiger partial charge in [0, 0.05) is 16.8 Å². The Labute approximate surface area is 155 Å². The predicted molar refractivity (Wildman–Crippen MR) is 109 cm³/mol. The van der Waals surface area contributed by atoms with Crippen molar-refractivity contribution in [3.8, 4) is 11.4 Å². The third kappa shape index (κ3) is 3.97. The van der Waals surface area contributed by atoms with Crippen molar-refractivity contribution in [1.82, 2.24) is 9.97 Å². The first-order valence-corrected chi connectivity index (χ1v) is 8.88. The fourth-order valence-electron chi connectivity index (χ4n) is 2.64. The summed E-state index contributed by atoms with van der Waals surface area (Å²) in [5.74, 6) is 1.44.